The van der Waals surface area contributed by atoms with Gasteiger partial charge in [-0.05, 0) is 25.3 Å². The summed E-state index contributed by atoms with van der Waals surface area (Å²) in [6, 6.07) is 1.65. The van der Waals surface area contributed by atoms with E-state index in [1.54, 1.807) is 20.2 Å². The Bertz CT molecular complexity index is 443. The van der Waals surface area contributed by atoms with Crippen LogP contribution < -0.4 is 10.1 Å². The number of pyridine rings is 1. The zero-order chi connectivity index (χ0) is 13.8. The fraction of sp³-hybridized carbons (Fsp3) is 0.615. The number of methoxy groups -OCH3 is 1. The molecule has 0 spiro atoms. The average molecular weight is 305 g/mol. The highest BCUT2D eigenvalue weighted by Gasteiger charge is 2.24. The van der Waals surface area contributed by atoms with Crippen LogP contribution in [0.4, 0.5) is 5.82 Å². The lowest BCUT2D eigenvalue weighted by atomic mass is 9.95. The van der Waals surface area contributed by atoms with Crippen LogP contribution in [-0.2, 0) is 4.74 Å². The number of ether oxygens (including phenoxy) is 2. The summed E-state index contributed by atoms with van der Waals surface area (Å²) in [6.45, 7) is 0. The Balaban J connectivity index is 2.10. The van der Waals surface area contributed by atoms with E-state index in [0.717, 1.165) is 25.7 Å². The van der Waals surface area contributed by atoms with Crippen LogP contribution in [0.1, 0.15) is 25.7 Å². The second-order valence-electron chi connectivity index (χ2n) is 4.62. The lowest BCUT2D eigenvalue weighted by Gasteiger charge is -2.28. The number of halogens is 2. The van der Waals surface area contributed by atoms with Crippen LogP contribution in [0.5, 0.6) is 5.88 Å². The van der Waals surface area contributed by atoms with Crippen LogP contribution in [0.2, 0.25) is 10.0 Å². The number of rotatable bonds is 4. The summed E-state index contributed by atoms with van der Waals surface area (Å²) in [5, 5.41) is 3.83. The minimum absolute atomic E-state index is 0.0922. The van der Waals surface area contributed by atoms with Crippen molar-refractivity contribution in [2.75, 3.05) is 19.5 Å². The summed E-state index contributed by atoms with van der Waals surface area (Å²) in [5.74, 6) is 0.998. The molecule has 0 amide bonds. The van der Waals surface area contributed by atoms with E-state index in [9.17, 15) is 0 Å². The van der Waals surface area contributed by atoms with Crippen LogP contribution in [0, 0.1) is 0 Å². The summed E-state index contributed by atoms with van der Waals surface area (Å²) < 4.78 is 11.3. The Morgan fingerprint density at radius 3 is 2.68 bits per heavy atom. The van der Waals surface area contributed by atoms with Gasteiger partial charge >= 0.3 is 0 Å². The number of aromatic nitrogens is 1. The van der Waals surface area contributed by atoms with Crippen molar-refractivity contribution in [3.8, 4) is 5.88 Å². The summed E-state index contributed by atoms with van der Waals surface area (Å²) in [7, 11) is 3.49. The molecule has 1 N–H and O–H groups in total. The van der Waals surface area contributed by atoms with E-state index < -0.39 is 0 Å². The van der Waals surface area contributed by atoms with Gasteiger partial charge in [-0.2, -0.15) is 4.98 Å². The maximum atomic E-state index is 6.12. The number of nitrogens with zero attached hydrogens (tertiary/aromatic N) is 1. The van der Waals surface area contributed by atoms with Crippen molar-refractivity contribution in [3.05, 3.63) is 16.1 Å². The van der Waals surface area contributed by atoms with E-state index >= 15 is 0 Å². The Morgan fingerprint density at radius 2 is 2.00 bits per heavy atom. The molecular formula is C13H18Cl2N2O2. The van der Waals surface area contributed by atoms with Crippen molar-refractivity contribution in [1.82, 2.24) is 4.98 Å². The first-order valence-electron chi connectivity index (χ1n) is 6.37. The quantitative estimate of drug-likeness (QED) is 0.919. The van der Waals surface area contributed by atoms with Crippen molar-refractivity contribution >= 4 is 29.0 Å². The molecule has 2 rings (SSSR count). The SMILES string of the molecule is CNc1nc(OC2CCCC(OC)C2)c(Cl)cc1Cl. The molecule has 19 heavy (non-hydrogen) atoms. The standard InChI is InChI=1S/C13H18Cl2N2O2/c1-16-12-10(14)7-11(15)13(17-12)19-9-5-3-4-8(6-9)18-2/h7-9H,3-6H2,1-2H3,(H,16,17). The third-order valence-electron chi connectivity index (χ3n) is 3.32. The van der Waals surface area contributed by atoms with Crippen LogP contribution >= 0.6 is 23.2 Å². The molecule has 1 saturated carbocycles. The number of hydrogen-bond donors (Lipinski definition) is 1. The van der Waals surface area contributed by atoms with Gasteiger partial charge in [0.1, 0.15) is 16.9 Å². The molecule has 1 heterocycles. The highest BCUT2D eigenvalue weighted by molar-refractivity contribution is 6.36. The third-order valence-corrected chi connectivity index (χ3v) is 3.88. The van der Waals surface area contributed by atoms with Gasteiger partial charge in [-0.3, -0.25) is 0 Å². The summed E-state index contributed by atoms with van der Waals surface area (Å²) >= 11 is 12.1. The Kier molecular flexibility index (Phi) is 5.13. The van der Waals surface area contributed by atoms with E-state index in [-0.39, 0.29) is 12.2 Å². The van der Waals surface area contributed by atoms with Crippen molar-refractivity contribution < 1.29 is 9.47 Å². The average Bonchev–Trinajstić information content (AvgIpc) is 2.42. The molecular weight excluding hydrogens is 287 g/mol. The van der Waals surface area contributed by atoms with Gasteiger partial charge in [0.15, 0.2) is 0 Å². The monoisotopic (exact) mass is 304 g/mol. The molecule has 2 unspecified atom stereocenters. The fourth-order valence-electron chi connectivity index (χ4n) is 2.29. The first-order valence-corrected chi connectivity index (χ1v) is 7.13. The highest BCUT2D eigenvalue weighted by Crippen LogP contribution is 2.33. The van der Waals surface area contributed by atoms with Gasteiger partial charge in [0.2, 0.25) is 5.88 Å². The van der Waals surface area contributed by atoms with Gasteiger partial charge in [0.05, 0.1) is 11.1 Å². The molecule has 2 atom stereocenters. The van der Waals surface area contributed by atoms with Gasteiger partial charge in [-0.1, -0.05) is 23.2 Å². The third kappa shape index (κ3) is 3.65. The van der Waals surface area contributed by atoms with Crippen LogP contribution in [0.25, 0.3) is 0 Å². The van der Waals surface area contributed by atoms with Gasteiger partial charge in [0.25, 0.3) is 0 Å². The lowest BCUT2D eigenvalue weighted by molar-refractivity contribution is 0.0196. The second-order valence-corrected chi connectivity index (χ2v) is 5.43. The van der Waals surface area contributed by atoms with Crippen molar-refractivity contribution in [1.29, 1.82) is 0 Å². The van der Waals surface area contributed by atoms with E-state index in [2.05, 4.69) is 10.3 Å². The normalized spacial score (nSPS) is 23.2. The lowest BCUT2D eigenvalue weighted by Crippen LogP contribution is -2.29. The van der Waals surface area contributed by atoms with E-state index in [0.29, 0.717) is 21.7 Å². The molecule has 6 heteroatoms. The topological polar surface area (TPSA) is 43.4 Å². The molecule has 0 aliphatic heterocycles. The van der Waals surface area contributed by atoms with Crippen molar-refractivity contribution in [2.45, 2.75) is 37.9 Å². The first kappa shape index (κ1) is 14.7. The molecule has 0 aromatic carbocycles. The van der Waals surface area contributed by atoms with Gasteiger partial charge in [-0.25, -0.2) is 0 Å². The first-order chi connectivity index (χ1) is 9.13. The molecule has 0 bridgehead atoms. The number of anilines is 1. The summed E-state index contributed by atoms with van der Waals surface area (Å²) in [6.07, 6.45) is 4.39. The largest absolute Gasteiger partial charge is 0.473 e. The zero-order valence-electron chi connectivity index (χ0n) is 11.1. The molecule has 0 radical (unpaired) electrons. The molecule has 1 aromatic rings. The van der Waals surface area contributed by atoms with Crippen molar-refractivity contribution in [2.24, 2.45) is 0 Å². The molecule has 1 aliphatic carbocycles. The fourth-order valence-corrected chi connectivity index (χ4v) is 2.79. The van der Waals surface area contributed by atoms with Crippen LogP contribution in [0.3, 0.4) is 0 Å². The highest BCUT2D eigenvalue weighted by atomic mass is 35.5. The Labute approximate surface area is 123 Å². The predicted octanol–water partition coefficient (Wildman–Crippen LogP) is 3.77. The van der Waals surface area contributed by atoms with Crippen LogP contribution in [-0.4, -0.2) is 31.3 Å². The predicted molar refractivity (Wildman–Crippen MR) is 77.5 cm³/mol. The second kappa shape index (κ2) is 6.64. The minimum Gasteiger partial charge on any atom is -0.473 e. The molecule has 0 saturated heterocycles. The Hall–Kier alpha value is -0.710. The van der Waals surface area contributed by atoms with Gasteiger partial charge < -0.3 is 14.8 Å². The summed E-state index contributed by atoms with van der Waals surface area (Å²) in [5.41, 5.74) is 0. The van der Waals surface area contributed by atoms with Crippen LogP contribution in [0.15, 0.2) is 6.07 Å². The molecule has 1 aliphatic rings. The van der Waals surface area contributed by atoms with E-state index in [4.69, 9.17) is 32.7 Å². The smallest absolute Gasteiger partial charge is 0.234 e. The number of hydrogen-bond acceptors (Lipinski definition) is 4. The zero-order valence-corrected chi connectivity index (χ0v) is 12.6. The maximum Gasteiger partial charge on any atom is 0.234 e. The van der Waals surface area contributed by atoms with Gasteiger partial charge in [-0.15, -0.1) is 0 Å². The molecule has 1 aromatic heterocycles. The molecule has 1 fully saturated rings. The van der Waals surface area contributed by atoms with E-state index in [1.165, 1.54) is 0 Å². The van der Waals surface area contributed by atoms with Crippen molar-refractivity contribution in [3.63, 3.8) is 0 Å². The number of nitrogens with one attached hydrogen (secondary N) is 1. The minimum atomic E-state index is 0.0922. The van der Waals surface area contributed by atoms with Gasteiger partial charge in [0, 0.05) is 20.6 Å². The maximum absolute atomic E-state index is 6.12. The Morgan fingerprint density at radius 1 is 1.26 bits per heavy atom. The molecule has 4 nitrogen and oxygen atoms in total. The summed E-state index contributed by atoms with van der Waals surface area (Å²) in [4.78, 5) is 4.30. The molecule has 106 valence electrons. The van der Waals surface area contributed by atoms with E-state index in [1.807, 2.05) is 0 Å².